The Bertz CT molecular complexity index is 1060. The molecule has 0 heterocycles. The Morgan fingerprint density at radius 1 is 0.686 bits per heavy atom. The zero-order valence-electron chi connectivity index (χ0n) is 33.1. The van der Waals surface area contributed by atoms with Crippen LogP contribution in [0.5, 0.6) is 0 Å². The minimum absolute atomic E-state index is 0.0400. The van der Waals surface area contributed by atoms with E-state index in [9.17, 15) is 19.4 Å². The van der Waals surface area contributed by atoms with Crippen LogP contribution < -0.4 is 5.32 Å². The van der Waals surface area contributed by atoms with Crippen molar-refractivity contribution in [2.24, 2.45) is 0 Å². The highest BCUT2D eigenvalue weighted by molar-refractivity contribution is 7.47. The van der Waals surface area contributed by atoms with E-state index in [0.29, 0.717) is 17.4 Å². The summed E-state index contributed by atoms with van der Waals surface area (Å²) in [6, 6.07) is -0.902. The van der Waals surface area contributed by atoms with Gasteiger partial charge in [0, 0.05) is 6.42 Å². The number of quaternary nitrogens is 1. The minimum Gasteiger partial charge on any atom is -0.387 e. The number of aliphatic hydroxyl groups excluding tert-OH is 1. The SMILES string of the molecule is CC/C=C\C/C=C\C/C=C\C/C=C\CCC(=O)NC(COP(=O)(O)OCC[N+](C)(C)C)C(O)/C=C/CC/C=C/CCCCCCCCCCCC. The number of phosphoric ester groups is 1. The van der Waals surface area contributed by atoms with E-state index in [-0.39, 0.29) is 25.5 Å². The number of carbonyl (C=O) groups excluding carboxylic acids is 1. The maximum Gasteiger partial charge on any atom is 0.472 e. The van der Waals surface area contributed by atoms with Crippen LogP contribution in [0.4, 0.5) is 0 Å². The van der Waals surface area contributed by atoms with Crippen LogP contribution in [0.2, 0.25) is 0 Å². The largest absolute Gasteiger partial charge is 0.472 e. The number of likely N-dealkylation sites (N-methyl/N-ethyl adjacent to an activating group) is 1. The number of carbonyl (C=O) groups is 1. The van der Waals surface area contributed by atoms with Gasteiger partial charge in [-0.2, -0.15) is 0 Å². The molecule has 8 nitrogen and oxygen atoms in total. The van der Waals surface area contributed by atoms with E-state index < -0.39 is 20.0 Å². The first-order chi connectivity index (χ1) is 24.5. The number of allylic oxidation sites excluding steroid dienone is 11. The molecule has 0 fully saturated rings. The van der Waals surface area contributed by atoms with E-state index >= 15 is 0 Å². The summed E-state index contributed by atoms with van der Waals surface area (Å²) in [6.07, 6.45) is 44.2. The molecular formula is C42H76N2O6P+. The minimum atomic E-state index is -4.36. The molecule has 0 spiro atoms. The number of phosphoric acid groups is 1. The lowest BCUT2D eigenvalue weighted by Crippen LogP contribution is -2.45. The second-order valence-electron chi connectivity index (χ2n) is 14.3. The van der Waals surface area contributed by atoms with Gasteiger partial charge in [-0.1, -0.05) is 145 Å². The summed E-state index contributed by atoms with van der Waals surface area (Å²) in [5.74, 6) is -0.271. The topological polar surface area (TPSA) is 105 Å². The number of unbranched alkanes of at least 4 members (excludes halogenated alkanes) is 11. The molecule has 0 aromatic heterocycles. The second kappa shape index (κ2) is 33.8. The number of nitrogens with one attached hydrogen (secondary N) is 1. The Balaban J connectivity index is 4.69. The van der Waals surface area contributed by atoms with Crippen molar-refractivity contribution in [1.29, 1.82) is 0 Å². The molecule has 0 radical (unpaired) electrons. The zero-order chi connectivity index (χ0) is 37.9. The summed E-state index contributed by atoms with van der Waals surface area (Å²) in [5, 5.41) is 13.7. The molecule has 0 aliphatic rings. The number of hydrogen-bond acceptors (Lipinski definition) is 5. The van der Waals surface area contributed by atoms with Gasteiger partial charge in [-0.05, 0) is 57.8 Å². The fourth-order valence-corrected chi connectivity index (χ4v) is 5.74. The van der Waals surface area contributed by atoms with Gasteiger partial charge in [-0.25, -0.2) is 4.57 Å². The molecule has 0 aromatic carbocycles. The maximum absolute atomic E-state index is 12.8. The Kier molecular flexibility index (Phi) is 32.4. The normalized spacial score (nSPS) is 15.4. The van der Waals surface area contributed by atoms with Crippen molar-refractivity contribution in [2.45, 2.75) is 148 Å². The van der Waals surface area contributed by atoms with Gasteiger partial charge in [0.2, 0.25) is 5.91 Å². The van der Waals surface area contributed by atoms with Crippen LogP contribution in [0, 0.1) is 0 Å². The van der Waals surface area contributed by atoms with Gasteiger partial charge < -0.3 is 19.8 Å². The van der Waals surface area contributed by atoms with Crippen molar-refractivity contribution in [3.8, 4) is 0 Å². The number of rotatable bonds is 34. The summed E-state index contributed by atoms with van der Waals surface area (Å²) >= 11 is 0. The molecule has 0 bridgehead atoms. The Morgan fingerprint density at radius 2 is 1.20 bits per heavy atom. The molecular weight excluding hydrogens is 659 g/mol. The van der Waals surface area contributed by atoms with Gasteiger partial charge in [0.1, 0.15) is 13.2 Å². The van der Waals surface area contributed by atoms with Gasteiger partial charge in [-0.3, -0.25) is 13.8 Å². The molecule has 3 N–H and O–H groups in total. The zero-order valence-corrected chi connectivity index (χ0v) is 34.0. The molecule has 51 heavy (non-hydrogen) atoms. The van der Waals surface area contributed by atoms with Crippen molar-refractivity contribution < 1.29 is 32.9 Å². The quantitative estimate of drug-likeness (QED) is 0.0263. The third kappa shape index (κ3) is 36.1. The van der Waals surface area contributed by atoms with Crippen LogP contribution in [-0.2, 0) is 18.4 Å². The lowest BCUT2D eigenvalue weighted by molar-refractivity contribution is -0.870. The fourth-order valence-electron chi connectivity index (χ4n) is 5.01. The Morgan fingerprint density at radius 3 is 1.78 bits per heavy atom. The summed E-state index contributed by atoms with van der Waals surface area (Å²) in [6.45, 7) is 4.58. The van der Waals surface area contributed by atoms with E-state index in [1.165, 1.54) is 64.2 Å². The summed E-state index contributed by atoms with van der Waals surface area (Å²) < 4.78 is 23.4. The molecule has 3 unspecified atom stereocenters. The van der Waals surface area contributed by atoms with E-state index in [0.717, 1.165) is 44.9 Å². The average Bonchev–Trinajstić information content (AvgIpc) is 3.07. The molecule has 9 heteroatoms. The van der Waals surface area contributed by atoms with Gasteiger partial charge in [-0.15, -0.1) is 0 Å². The number of hydrogen-bond donors (Lipinski definition) is 3. The van der Waals surface area contributed by atoms with Crippen molar-refractivity contribution in [1.82, 2.24) is 5.32 Å². The molecule has 294 valence electrons. The van der Waals surface area contributed by atoms with E-state index in [2.05, 4.69) is 67.8 Å². The molecule has 0 saturated heterocycles. The third-order valence-electron chi connectivity index (χ3n) is 8.17. The highest BCUT2D eigenvalue weighted by atomic mass is 31.2. The number of amides is 1. The Labute approximate surface area is 313 Å². The summed E-state index contributed by atoms with van der Waals surface area (Å²) in [4.78, 5) is 23.0. The van der Waals surface area contributed by atoms with Gasteiger partial charge in [0.25, 0.3) is 0 Å². The summed E-state index contributed by atoms with van der Waals surface area (Å²) in [5.41, 5.74) is 0. The lowest BCUT2D eigenvalue weighted by Gasteiger charge is -2.25. The molecule has 3 atom stereocenters. The van der Waals surface area contributed by atoms with Crippen LogP contribution in [0.25, 0.3) is 0 Å². The first kappa shape index (κ1) is 48.9. The van der Waals surface area contributed by atoms with Crippen molar-refractivity contribution >= 4 is 13.7 Å². The monoisotopic (exact) mass is 736 g/mol. The van der Waals surface area contributed by atoms with E-state index in [1.807, 2.05) is 39.4 Å². The first-order valence-electron chi connectivity index (χ1n) is 19.8. The molecule has 1 amide bonds. The van der Waals surface area contributed by atoms with Crippen molar-refractivity contribution in [2.75, 3.05) is 40.9 Å². The number of nitrogens with zero attached hydrogens (tertiary/aromatic N) is 1. The lowest BCUT2D eigenvalue weighted by atomic mass is 10.1. The maximum atomic E-state index is 12.8. The van der Waals surface area contributed by atoms with Gasteiger partial charge >= 0.3 is 7.82 Å². The highest BCUT2D eigenvalue weighted by Gasteiger charge is 2.27. The number of aliphatic hydroxyl groups is 1. The van der Waals surface area contributed by atoms with E-state index in [1.54, 1.807) is 6.08 Å². The predicted molar refractivity (Wildman–Crippen MR) is 216 cm³/mol. The molecule has 0 saturated carbocycles. The summed E-state index contributed by atoms with van der Waals surface area (Å²) in [7, 11) is 1.50. The van der Waals surface area contributed by atoms with Crippen LogP contribution >= 0.6 is 7.82 Å². The van der Waals surface area contributed by atoms with Crippen molar-refractivity contribution in [3.05, 3.63) is 72.9 Å². The predicted octanol–water partition coefficient (Wildman–Crippen LogP) is 10.5. The van der Waals surface area contributed by atoms with Crippen molar-refractivity contribution in [3.63, 3.8) is 0 Å². The average molecular weight is 736 g/mol. The molecule has 0 aliphatic carbocycles. The highest BCUT2D eigenvalue weighted by Crippen LogP contribution is 2.43. The van der Waals surface area contributed by atoms with Gasteiger partial charge in [0.15, 0.2) is 0 Å². The third-order valence-corrected chi connectivity index (χ3v) is 9.16. The van der Waals surface area contributed by atoms with Crippen LogP contribution in [0.3, 0.4) is 0 Å². The molecule has 0 aromatic rings. The first-order valence-corrected chi connectivity index (χ1v) is 21.3. The second-order valence-corrected chi connectivity index (χ2v) is 15.7. The van der Waals surface area contributed by atoms with Gasteiger partial charge in [0.05, 0.1) is 39.9 Å². The molecule has 0 rings (SSSR count). The smallest absolute Gasteiger partial charge is 0.387 e. The fraction of sp³-hybridized carbons (Fsp3) is 0.690. The van der Waals surface area contributed by atoms with Crippen LogP contribution in [0.1, 0.15) is 136 Å². The molecule has 0 aliphatic heterocycles. The van der Waals surface area contributed by atoms with Crippen LogP contribution in [-0.4, -0.2) is 73.4 Å². The standard InChI is InChI=1S/C42H75N2O6P/c1-6-8-10-12-14-16-18-20-21-22-24-25-27-29-31-33-35-41(45)40(39-50-51(47,48)49-38-37-44(3,4)5)43-42(46)36-34-32-30-28-26-23-19-17-15-13-11-9-7-2/h9,11,15,17,23,25-27,30,32-33,35,40-41,45H,6-8,10,12-14,16,18-22,24,28-29,31,34,36-39H2,1-5H3,(H-,43,46,47,48)/p+1/b11-9-,17-15-,26-23-,27-25+,32-30-,35-33+. The Hall–Kier alpha value is -2.06. The van der Waals surface area contributed by atoms with Crippen LogP contribution in [0.15, 0.2) is 72.9 Å². The van der Waals surface area contributed by atoms with E-state index in [4.69, 9.17) is 9.05 Å².